The van der Waals surface area contributed by atoms with Crippen molar-refractivity contribution in [2.45, 2.75) is 13.2 Å². The van der Waals surface area contributed by atoms with Crippen LogP contribution in [0.2, 0.25) is 0 Å². The van der Waals surface area contributed by atoms with Crippen molar-refractivity contribution in [2.24, 2.45) is 5.92 Å². The first-order valence-electron chi connectivity index (χ1n) is 11.5. The van der Waals surface area contributed by atoms with Gasteiger partial charge in [0.2, 0.25) is 0 Å². The Balaban J connectivity index is 1.24. The number of fused-ring (bicyclic) bond motifs is 1. The van der Waals surface area contributed by atoms with Crippen molar-refractivity contribution in [2.75, 3.05) is 19.8 Å². The lowest BCUT2D eigenvalue weighted by Gasteiger charge is -2.29. The van der Waals surface area contributed by atoms with Crippen molar-refractivity contribution in [3.05, 3.63) is 100 Å². The molecule has 0 aliphatic carbocycles. The van der Waals surface area contributed by atoms with Gasteiger partial charge in [-0.05, 0) is 59.8 Å². The molecule has 0 unspecified atom stereocenters. The molecule has 0 amide bonds. The number of benzene rings is 4. The molecule has 1 aliphatic heterocycles. The number of rotatable bonds is 5. The lowest BCUT2D eigenvalue weighted by atomic mass is 10.0. The smallest absolute Gasteiger partial charge is 0.195 e. The summed E-state index contributed by atoms with van der Waals surface area (Å²) in [5.41, 5.74) is -0.107. The average molecular weight is 536 g/mol. The molecule has 5 rings (SSSR count). The van der Waals surface area contributed by atoms with E-state index in [0.29, 0.717) is 11.1 Å². The van der Waals surface area contributed by atoms with E-state index in [4.69, 9.17) is 14.2 Å². The van der Waals surface area contributed by atoms with Crippen LogP contribution in [0.15, 0.2) is 48.5 Å². The minimum atomic E-state index is -1.56. The van der Waals surface area contributed by atoms with Crippen LogP contribution in [0.25, 0.3) is 21.9 Å². The number of aryl methyl sites for hydroxylation is 1. The molecule has 0 spiro atoms. The maximum absolute atomic E-state index is 14.6. The molecule has 0 N–H and O–H groups in total. The molecule has 0 saturated carbocycles. The minimum absolute atomic E-state index is 0.0654. The van der Waals surface area contributed by atoms with E-state index in [1.807, 2.05) is 0 Å². The molecule has 1 heterocycles. The van der Waals surface area contributed by atoms with Crippen molar-refractivity contribution in [3.63, 3.8) is 0 Å². The largest absolute Gasteiger partial charge is 0.487 e. The quantitative estimate of drug-likeness (QED) is 0.195. The zero-order chi connectivity index (χ0) is 27.1. The maximum Gasteiger partial charge on any atom is 0.195 e. The monoisotopic (exact) mass is 536 g/mol. The van der Waals surface area contributed by atoms with Crippen LogP contribution in [-0.4, -0.2) is 19.8 Å². The molecule has 10 heteroatoms. The molecule has 198 valence electrons. The fourth-order valence-corrected chi connectivity index (χ4v) is 4.32. The second kappa shape index (κ2) is 10.3. The van der Waals surface area contributed by atoms with Gasteiger partial charge in [-0.15, -0.1) is 0 Å². The first kappa shape index (κ1) is 26.0. The van der Waals surface area contributed by atoms with Crippen molar-refractivity contribution < 1.29 is 44.9 Å². The van der Waals surface area contributed by atoms with Crippen LogP contribution in [0.1, 0.15) is 17.4 Å². The van der Waals surface area contributed by atoms with E-state index in [0.717, 1.165) is 30.3 Å². The Morgan fingerprint density at radius 2 is 1.37 bits per heavy atom. The highest BCUT2D eigenvalue weighted by Gasteiger charge is 2.26. The summed E-state index contributed by atoms with van der Waals surface area (Å²) in [5.74, 6) is -9.49. The summed E-state index contributed by atoms with van der Waals surface area (Å²) < 4.78 is 115. The van der Waals surface area contributed by atoms with Crippen LogP contribution in [-0.2, 0) is 9.47 Å². The Kier molecular flexibility index (Phi) is 7.02. The van der Waals surface area contributed by atoms with Gasteiger partial charge in [0, 0.05) is 16.9 Å². The Hall–Kier alpha value is -3.63. The Bertz CT molecular complexity index is 1490. The van der Waals surface area contributed by atoms with Gasteiger partial charge in [-0.3, -0.25) is 0 Å². The Morgan fingerprint density at radius 1 is 0.737 bits per heavy atom. The molecule has 4 aromatic carbocycles. The Labute approximate surface area is 212 Å². The number of ether oxygens (including phenoxy) is 3. The van der Waals surface area contributed by atoms with Crippen molar-refractivity contribution in [1.29, 1.82) is 0 Å². The van der Waals surface area contributed by atoms with Crippen molar-refractivity contribution >= 4 is 10.8 Å². The SMILES string of the molecule is Cc1cc(F)c(-c2cc(F)c(OCC3COC(c4ccc5c(F)c(F)c(F)cc5c4)OC3)c(F)c2)c(F)c1. The minimum Gasteiger partial charge on any atom is -0.487 e. The second-order valence-electron chi connectivity index (χ2n) is 9.02. The van der Waals surface area contributed by atoms with E-state index in [1.54, 1.807) is 0 Å². The van der Waals surface area contributed by atoms with Gasteiger partial charge in [-0.2, -0.15) is 0 Å². The fourth-order valence-electron chi connectivity index (χ4n) is 4.32. The van der Waals surface area contributed by atoms with Gasteiger partial charge in [0.25, 0.3) is 0 Å². The Morgan fingerprint density at radius 3 is 2.00 bits per heavy atom. The van der Waals surface area contributed by atoms with Crippen LogP contribution in [0.4, 0.5) is 30.7 Å². The third-order valence-corrected chi connectivity index (χ3v) is 6.17. The molecule has 0 atom stereocenters. The van der Waals surface area contributed by atoms with E-state index >= 15 is 0 Å². The van der Waals surface area contributed by atoms with Crippen LogP contribution in [0.3, 0.4) is 0 Å². The lowest BCUT2D eigenvalue weighted by Crippen LogP contribution is -2.31. The summed E-state index contributed by atoms with van der Waals surface area (Å²) in [6, 6.07) is 8.71. The topological polar surface area (TPSA) is 27.7 Å². The van der Waals surface area contributed by atoms with E-state index in [9.17, 15) is 30.7 Å². The van der Waals surface area contributed by atoms with Crippen molar-refractivity contribution in [3.8, 4) is 16.9 Å². The first-order chi connectivity index (χ1) is 18.1. The molecule has 3 nitrogen and oxygen atoms in total. The summed E-state index contributed by atoms with van der Waals surface area (Å²) in [4.78, 5) is 0. The zero-order valence-corrected chi connectivity index (χ0v) is 19.8. The van der Waals surface area contributed by atoms with Gasteiger partial charge < -0.3 is 14.2 Å². The van der Waals surface area contributed by atoms with Crippen LogP contribution >= 0.6 is 0 Å². The molecular formula is C28H19F7O3. The van der Waals surface area contributed by atoms with Crippen LogP contribution in [0, 0.1) is 53.6 Å². The molecule has 0 bridgehead atoms. The fraction of sp³-hybridized carbons (Fsp3) is 0.214. The molecule has 1 saturated heterocycles. The van der Waals surface area contributed by atoms with Crippen molar-refractivity contribution in [1.82, 2.24) is 0 Å². The maximum atomic E-state index is 14.6. The lowest BCUT2D eigenvalue weighted by molar-refractivity contribution is -0.208. The normalized spacial score (nSPS) is 17.7. The van der Waals surface area contributed by atoms with Crippen LogP contribution < -0.4 is 4.74 Å². The highest BCUT2D eigenvalue weighted by Crippen LogP contribution is 2.34. The van der Waals surface area contributed by atoms with Gasteiger partial charge in [-0.25, -0.2) is 30.7 Å². The molecular weight excluding hydrogens is 517 g/mol. The second-order valence-corrected chi connectivity index (χ2v) is 9.02. The van der Waals surface area contributed by atoms with Gasteiger partial charge in [0.15, 0.2) is 41.1 Å². The predicted molar refractivity (Wildman–Crippen MR) is 124 cm³/mol. The van der Waals surface area contributed by atoms with E-state index in [-0.39, 0.29) is 36.2 Å². The summed E-state index contributed by atoms with van der Waals surface area (Å²) in [6.45, 7) is 1.42. The first-order valence-corrected chi connectivity index (χ1v) is 11.5. The van der Waals surface area contributed by atoms with E-state index < -0.39 is 64.2 Å². The van der Waals surface area contributed by atoms with Gasteiger partial charge in [0.05, 0.1) is 25.4 Å². The van der Waals surface area contributed by atoms with E-state index in [2.05, 4.69) is 0 Å². The highest BCUT2D eigenvalue weighted by atomic mass is 19.2. The molecule has 38 heavy (non-hydrogen) atoms. The third kappa shape index (κ3) is 4.93. The summed E-state index contributed by atoms with van der Waals surface area (Å²) in [6.07, 6.45) is -0.890. The average Bonchev–Trinajstić information content (AvgIpc) is 2.86. The molecule has 1 fully saturated rings. The van der Waals surface area contributed by atoms with Gasteiger partial charge in [-0.1, -0.05) is 12.1 Å². The number of hydrogen-bond donors (Lipinski definition) is 0. The number of hydrogen-bond acceptors (Lipinski definition) is 3. The zero-order valence-electron chi connectivity index (χ0n) is 19.8. The van der Waals surface area contributed by atoms with Crippen LogP contribution in [0.5, 0.6) is 5.75 Å². The summed E-state index contributed by atoms with van der Waals surface area (Å²) >= 11 is 0. The van der Waals surface area contributed by atoms with Gasteiger partial charge >= 0.3 is 0 Å². The molecule has 0 aromatic heterocycles. The summed E-state index contributed by atoms with van der Waals surface area (Å²) in [7, 11) is 0. The summed E-state index contributed by atoms with van der Waals surface area (Å²) in [5, 5.41) is 0.0222. The molecule has 0 radical (unpaired) electrons. The standard InChI is InChI=1S/C28H19F7O3/c1-13-4-19(29)24(20(30)5-13)17-8-22(32)27(23(33)9-17)36-10-14-11-37-28(38-12-14)15-2-3-18-16(6-15)7-21(31)26(35)25(18)34/h2-9,14,28H,10-12H2,1H3. The highest BCUT2D eigenvalue weighted by molar-refractivity contribution is 5.84. The number of halogens is 7. The molecule has 4 aromatic rings. The van der Waals surface area contributed by atoms with Gasteiger partial charge in [0.1, 0.15) is 11.6 Å². The third-order valence-electron chi connectivity index (χ3n) is 6.17. The van der Waals surface area contributed by atoms with E-state index in [1.165, 1.54) is 25.1 Å². The predicted octanol–water partition coefficient (Wildman–Crippen LogP) is 7.53. The molecule has 1 aliphatic rings.